The smallest absolute Gasteiger partial charge is 0.144 e. The van der Waals surface area contributed by atoms with Gasteiger partial charge in [-0.3, -0.25) is 4.90 Å². The van der Waals surface area contributed by atoms with Crippen LogP contribution in [0.2, 0.25) is 0 Å². The Hall–Kier alpha value is -1.20. The Kier molecular flexibility index (Phi) is 4.71. The van der Waals surface area contributed by atoms with Gasteiger partial charge in [-0.05, 0) is 27.8 Å². The number of aromatic nitrogens is 2. The Morgan fingerprint density at radius 1 is 1.37 bits per heavy atom. The molecule has 0 spiro atoms. The largest absolute Gasteiger partial charge is 0.370 e. The molecule has 0 aromatic carbocycles. The highest BCUT2D eigenvalue weighted by atomic mass is 15.3. The van der Waals surface area contributed by atoms with Crippen LogP contribution in [0.1, 0.15) is 25.4 Å². The molecular weight excluding hydrogens is 238 g/mol. The SMILES string of the molecule is CCNc1cc(C)nc(CN2CCN(C)CC2C)n1. The number of nitrogens with zero attached hydrogens (tertiary/aromatic N) is 4. The summed E-state index contributed by atoms with van der Waals surface area (Å²) in [4.78, 5) is 14.0. The van der Waals surface area contributed by atoms with Crippen molar-refractivity contribution in [1.82, 2.24) is 19.8 Å². The number of anilines is 1. The van der Waals surface area contributed by atoms with Gasteiger partial charge in [0.2, 0.25) is 0 Å². The second kappa shape index (κ2) is 6.30. The fourth-order valence-corrected chi connectivity index (χ4v) is 2.57. The molecule has 106 valence electrons. The highest BCUT2D eigenvalue weighted by Gasteiger charge is 2.22. The first-order valence-electron chi connectivity index (χ1n) is 7.09. The predicted molar refractivity (Wildman–Crippen MR) is 78.3 cm³/mol. The first kappa shape index (κ1) is 14.2. The van der Waals surface area contributed by atoms with Gasteiger partial charge in [0.05, 0.1) is 6.54 Å². The second-order valence-corrected chi connectivity index (χ2v) is 5.42. The maximum Gasteiger partial charge on any atom is 0.144 e. The lowest BCUT2D eigenvalue weighted by Crippen LogP contribution is -2.50. The molecule has 1 N–H and O–H groups in total. The third-order valence-electron chi connectivity index (χ3n) is 3.57. The lowest BCUT2D eigenvalue weighted by Gasteiger charge is -2.37. The number of rotatable bonds is 4. The van der Waals surface area contributed by atoms with Crippen molar-refractivity contribution >= 4 is 5.82 Å². The van der Waals surface area contributed by atoms with E-state index in [2.05, 4.69) is 46.0 Å². The average Bonchev–Trinajstić information content (AvgIpc) is 2.32. The normalized spacial score (nSPS) is 21.6. The second-order valence-electron chi connectivity index (χ2n) is 5.42. The van der Waals surface area contributed by atoms with E-state index in [1.165, 1.54) is 0 Å². The zero-order valence-electron chi connectivity index (χ0n) is 12.5. The van der Waals surface area contributed by atoms with Crippen LogP contribution in [0.4, 0.5) is 5.82 Å². The van der Waals surface area contributed by atoms with E-state index in [1.807, 2.05) is 13.0 Å². The molecule has 5 heteroatoms. The monoisotopic (exact) mass is 263 g/mol. The standard InChI is InChI=1S/C14H25N5/c1-5-15-13-8-11(2)16-14(17-13)10-19-7-6-18(4)9-12(19)3/h8,12H,5-7,9-10H2,1-4H3,(H,15,16,17). The molecule has 0 radical (unpaired) electrons. The van der Waals surface area contributed by atoms with Gasteiger partial charge in [-0.15, -0.1) is 0 Å². The van der Waals surface area contributed by atoms with Crippen LogP contribution in [0.15, 0.2) is 6.07 Å². The van der Waals surface area contributed by atoms with E-state index in [4.69, 9.17) is 0 Å². The molecule has 1 fully saturated rings. The summed E-state index contributed by atoms with van der Waals surface area (Å²) in [6, 6.07) is 2.56. The van der Waals surface area contributed by atoms with Gasteiger partial charge in [0.25, 0.3) is 0 Å². The third kappa shape index (κ3) is 3.88. The summed E-state index contributed by atoms with van der Waals surface area (Å²) in [6.45, 7) is 11.4. The first-order valence-corrected chi connectivity index (χ1v) is 7.09. The highest BCUT2D eigenvalue weighted by Crippen LogP contribution is 2.13. The number of hydrogen-bond donors (Lipinski definition) is 1. The molecule has 0 bridgehead atoms. The molecule has 5 nitrogen and oxygen atoms in total. The Morgan fingerprint density at radius 3 is 2.84 bits per heavy atom. The Morgan fingerprint density at radius 2 is 2.16 bits per heavy atom. The summed E-state index contributed by atoms with van der Waals surface area (Å²) in [7, 11) is 2.18. The molecule has 0 aliphatic carbocycles. The summed E-state index contributed by atoms with van der Waals surface area (Å²) in [6.07, 6.45) is 0. The Labute approximate surface area is 116 Å². The van der Waals surface area contributed by atoms with E-state index in [-0.39, 0.29) is 0 Å². The van der Waals surface area contributed by atoms with Gasteiger partial charge in [0.15, 0.2) is 0 Å². The fraction of sp³-hybridized carbons (Fsp3) is 0.714. The molecule has 0 amide bonds. The van der Waals surface area contributed by atoms with Gasteiger partial charge in [-0.2, -0.15) is 0 Å². The molecule has 1 aliphatic heterocycles. The van der Waals surface area contributed by atoms with Crippen molar-refractivity contribution in [1.29, 1.82) is 0 Å². The molecule has 0 saturated carbocycles. The number of likely N-dealkylation sites (N-methyl/N-ethyl adjacent to an activating group) is 1. The number of hydrogen-bond acceptors (Lipinski definition) is 5. The molecule has 1 aromatic heterocycles. The topological polar surface area (TPSA) is 44.3 Å². The maximum absolute atomic E-state index is 4.59. The van der Waals surface area contributed by atoms with Crippen LogP contribution in [-0.4, -0.2) is 59.0 Å². The van der Waals surface area contributed by atoms with Crippen LogP contribution in [-0.2, 0) is 6.54 Å². The van der Waals surface area contributed by atoms with E-state index in [0.29, 0.717) is 6.04 Å². The lowest BCUT2D eigenvalue weighted by molar-refractivity contribution is 0.0914. The summed E-state index contributed by atoms with van der Waals surface area (Å²) in [5, 5.41) is 3.27. The van der Waals surface area contributed by atoms with Crippen molar-refractivity contribution in [3.05, 3.63) is 17.6 Å². The van der Waals surface area contributed by atoms with Crippen LogP contribution in [0.25, 0.3) is 0 Å². The summed E-state index contributed by atoms with van der Waals surface area (Å²) < 4.78 is 0. The first-order chi connectivity index (χ1) is 9.08. The van der Waals surface area contributed by atoms with Crippen LogP contribution in [0, 0.1) is 6.92 Å². The van der Waals surface area contributed by atoms with Crippen molar-refractivity contribution in [2.45, 2.75) is 33.4 Å². The average molecular weight is 263 g/mol. The van der Waals surface area contributed by atoms with Crippen molar-refractivity contribution in [3.63, 3.8) is 0 Å². The maximum atomic E-state index is 4.59. The summed E-state index contributed by atoms with van der Waals surface area (Å²) in [5.74, 6) is 1.86. The van der Waals surface area contributed by atoms with Crippen molar-refractivity contribution in [2.24, 2.45) is 0 Å². The molecule has 1 aromatic rings. The number of piperazine rings is 1. The van der Waals surface area contributed by atoms with Crippen LogP contribution >= 0.6 is 0 Å². The van der Waals surface area contributed by atoms with E-state index in [0.717, 1.165) is 50.1 Å². The van der Waals surface area contributed by atoms with Crippen molar-refractivity contribution in [3.8, 4) is 0 Å². The number of nitrogens with one attached hydrogen (secondary N) is 1. The predicted octanol–water partition coefficient (Wildman–Crippen LogP) is 1.35. The van der Waals surface area contributed by atoms with Crippen molar-refractivity contribution in [2.75, 3.05) is 38.5 Å². The van der Waals surface area contributed by atoms with Gasteiger partial charge >= 0.3 is 0 Å². The van der Waals surface area contributed by atoms with Gasteiger partial charge in [-0.25, -0.2) is 9.97 Å². The zero-order valence-corrected chi connectivity index (χ0v) is 12.5. The van der Waals surface area contributed by atoms with E-state index < -0.39 is 0 Å². The highest BCUT2D eigenvalue weighted by molar-refractivity contribution is 5.35. The molecule has 1 atom stereocenters. The van der Waals surface area contributed by atoms with Gasteiger partial charge in [-0.1, -0.05) is 0 Å². The van der Waals surface area contributed by atoms with Crippen molar-refractivity contribution < 1.29 is 0 Å². The molecule has 1 unspecified atom stereocenters. The number of aryl methyl sites for hydroxylation is 1. The zero-order chi connectivity index (χ0) is 13.8. The minimum Gasteiger partial charge on any atom is -0.370 e. The summed E-state index contributed by atoms with van der Waals surface area (Å²) >= 11 is 0. The van der Waals surface area contributed by atoms with Gasteiger partial charge in [0, 0.05) is 44.0 Å². The van der Waals surface area contributed by atoms with E-state index in [9.17, 15) is 0 Å². The minimum absolute atomic E-state index is 0.561. The van der Waals surface area contributed by atoms with Gasteiger partial charge < -0.3 is 10.2 Å². The molecular formula is C14H25N5. The fourth-order valence-electron chi connectivity index (χ4n) is 2.57. The molecule has 19 heavy (non-hydrogen) atoms. The van der Waals surface area contributed by atoms with E-state index >= 15 is 0 Å². The minimum atomic E-state index is 0.561. The molecule has 1 aliphatic rings. The Balaban J connectivity index is 2.05. The Bertz CT molecular complexity index is 420. The molecule has 2 rings (SSSR count). The summed E-state index contributed by atoms with van der Waals surface area (Å²) in [5.41, 5.74) is 1.03. The third-order valence-corrected chi connectivity index (χ3v) is 3.57. The van der Waals surface area contributed by atoms with Gasteiger partial charge in [0.1, 0.15) is 11.6 Å². The quantitative estimate of drug-likeness (QED) is 0.888. The lowest BCUT2D eigenvalue weighted by atomic mass is 10.2. The van der Waals surface area contributed by atoms with Crippen LogP contribution < -0.4 is 5.32 Å². The molecule has 1 saturated heterocycles. The van der Waals surface area contributed by atoms with Crippen LogP contribution in [0.5, 0.6) is 0 Å². The van der Waals surface area contributed by atoms with Crippen LogP contribution in [0.3, 0.4) is 0 Å². The molecule has 2 heterocycles. The van der Waals surface area contributed by atoms with E-state index in [1.54, 1.807) is 0 Å².